The Morgan fingerprint density at radius 2 is 1.92 bits per heavy atom. The number of hydrogen-bond acceptors (Lipinski definition) is 4. The van der Waals surface area contributed by atoms with E-state index in [9.17, 15) is 9.50 Å². The van der Waals surface area contributed by atoms with Crippen LogP contribution in [0.3, 0.4) is 0 Å². The summed E-state index contributed by atoms with van der Waals surface area (Å²) in [4.78, 5) is 5.03. The third-order valence-corrected chi connectivity index (χ3v) is 6.72. The number of para-hydroxylation sites is 1. The van der Waals surface area contributed by atoms with Crippen LogP contribution in [0.4, 0.5) is 17.6 Å². The first kappa shape index (κ1) is 26.4. The van der Waals surface area contributed by atoms with Crippen molar-refractivity contribution in [3.63, 3.8) is 0 Å². The molecule has 3 N–H and O–H groups in total. The minimum absolute atomic E-state index is 0.0407. The number of hydrogen-bond donors (Lipinski definition) is 3. The summed E-state index contributed by atoms with van der Waals surface area (Å²) in [6.07, 6.45) is 0.954. The van der Waals surface area contributed by atoms with Crippen molar-refractivity contribution >= 4 is 10.9 Å². The lowest BCUT2D eigenvalue weighted by molar-refractivity contribution is 0.0162. The molecule has 0 aliphatic carbocycles. The summed E-state index contributed by atoms with van der Waals surface area (Å²) in [6, 6.07) is 8.76. The van der Waals surface area contributed by atoms with Crippen LogP contribution in [0.15, 0.2) is 36.4 Å². The van der Waals surface area contributed by atoms with Gasteiger partial charge >= 0.3 is 0 Å². The van der Waals surface area contributed by atoms with Crippen LogP contribution in [-0.2, 0) is 6.42 Å². The lowest BCUT2D eigenvalue weighted by atomic mass is 9.87. The van der Waals surface area contributed by atoms with Crippen LogP contribution in [0.1, 0.15) is 43.1 Å². The average Bonchev–Trinajstić information content (AvgIpc) is 3.20. The number of alkyl halides is 2. The van der Waals surface area contributed by atoms with Crippen molar-refractivity contribution in [3.8, 4) is 5.75 Å². The summed E-state index contributed by atoms with van der Waals surface area (Å²) in [5, 5.41) is 13.5. The largest absolute Gasteiger partial charge is 0.492 e. The first-order chi connectivity index (χ1) is 17.3. The molecule has 3 atom stereocenters. The topological polar surface area (TPSA) is 60.5 Å². The number of fused-ring (bicyclic) bond motifs is 3. The molecule has 1 unspecified atom stereocenters. The van der Waals surface area contributed by atoms with Gasteiger partial charge in [0.15, 0.2) is 0 Å². The van der Waals surface area contributed by atoms with Gasteiger partial charge in [-0.15, -0.1) is 0 Å². The highest BCUT2D eigenvalue weighted by atomic mass is 19.1. The van der Waals surface area contributed by atoms with Gasteiger partial charge in [-0.2, -0.15) is 0 Å². The Bertz CT molecular complexity index is 1160. The van der Waals surface area contributed by atoms with Gasteiger partial charge in [-0.3, -0.25) is 9.29 Å². The van der Waals surface area contributed by atoms with Crippen LogP contribution in [0.25, 0.3) is 10.9 Å². The van der Waals surface area contributed by atoms with Crippen molar-refractivity contribution in [1.82, 2.24) is 15.2 Å². The van der Waals surface area contributed by atoms with Gasteiger partial charge in [0.1, 0.15) is 29.7 Å². The van der Waals surface area contributed by atoms with E-state index in [4.69, 9.17) is 4.74 Å². The molecule has 196 valence electrons. The maximum Gasteiger partial charge on any atom is 0.143 e. The molecule has 0 fully saturated rings. The molecule has 1 aromatic heterocycles. The number of rotatable bonds is 11. The quantitative estimate of drug-likeness (QED) is 0.257. The van der Waals surface area contributed by atoms with E-state index in [0.29, 0.717) is 31.6 Å². The van der Waals surface area contributed by atoms with Crippen molar-refractivity contribution in [2.24, 2.45) is 0 Å². The van der Waals surface area contributed by atoms with Gasteiger partial charge in [-0.05, 0) is 44.9 Å². The molecule has 36 heavy (non-hydrogen) atoms. The van der Waals surface area contributed by atoms with Gasteiger partial charge in [-0.25, -0.2) is 13.2 Å². The molecule has 0 amide bonds. The number of H-pyrrole nitrogens is 1. The standard InChI is InChI=1S/C27H33F4N3O2/c1-17-12-20-19-6-3-4-7-23(19)33-25(20)26(34(17)15-27(2,31)16-35)24-21(29)13-18(14-22(24)30)36-11-10-32-9-5-8-28/h3-4,6-7,13-14,17,26,32-33,35H,5,8-12,15-16H2,1-2H3/t17-,26-,27?/m1/s1. The summed E-state index contributed by atoms with van der Waals surface area (Å²) in [7, 11) is 0. The number of aromatic amines is 1. The van der Waals surface area contributed by atoms with Crippen LogP contribution in [0, 0.1) is 11.6 Å². The molecule has 0 saturated heterocycles. The molecule has 2 aromatic carbocycles. The SMILES string of the molecule is C[C@@H]1Cc2c([nH]c3ccccc23)[C@@H](c2c(F)cc(OCCNCCCF)cc2F)N1CC(C)(F)CO. The lowest BCUT2D eigenvalue weighted by Gasteiger charge is -2.43. The Hall–Kier alpha value is -2.62. The van der Waals surface area contributed by atoms with E-state index in [0.717, 1.165) is 28.6 Å². The number of nitrogens with zero attached hydrogens (tertiary/aromatic N) is 1. The van der Waals surface area contributed by atoms with Gasteiger partial charge in [-0.1, -0.05) is 18.2 Å². The molecule has 1 aliphatic heterocycles. The van der Waals surface area contributed by atoms with Crippen LogP contribution in [0.5, 0.6) is 5.75 Å². The van der Waals surface area contributed by atoms with E-state index in [-0.39, 0.29) is 30.5 Å². The van der Waals surface area contributed by atoms with Crippen molar-refractivity contribution in [3.05, 3.63) is 64.9 Å². The smallest absolute Gasteiger partial charge is 0.143 e. The molecule has 0 spiro atoms. The van der Waals surface area contributed by atoms with Crippen molar-refractivity contribution in [2.45, 2.75) is 44.4 Å². The van der Waals surface area contributed by atoms with E-state index < -0.39 is 36.6 Å². The van der Waals surface area contributed by atoms with Gasteiger partial charge in [0, 0.05) is 53.4 Å². The minimum Gasteiger partial charge on any atom is -0.492 e. The van der Waals surface area contributed by atoms with Gasteiger partial charge in [0.25, 0.3) is 0 Å². The zero-order valence-corrected chi connectivity index (χ0v) is 20.6. The predicted molar refractivity (Wildman–Crippen MR) is 132 cm³/mol. The molecule has 3 aromatic rings. The molecular weight excluding hydrogens is 474 g/mol. The molecule has 0 saturated carbocycles. The van der Waals surface area contributed by atoms with Gasteiger partial charge in [0.05, 0.1) is 19.3 Å². The third kappa shape index (κ3) is 5.53. The molecule has 4 rings (SSSR count). The molecule has 9 heteroatoms. The van der Waals surface area contributed by atoms with Crippen LogP contribution in [-0.4, -0.2) is 66.2 Å². The first-order valence-electron chi connectivity index (χ1n) is 12.3. The monoisotopic (exact) mass is 507 g/mol. The number of halogens is 4. The number of nitrogens with one attached hydrogen (secondary N) is 2. The van der Waals surface area contributed by atoms with E-state index in [1.54, 1.807) is 4.90 Å². The van der Waals surface area contributed by atoms with E-state index in [2.05, 4.69) is 10.3 Å². The molecule has 5 nitrogen and oxygen atoms in total. The lowest BCUT2D eigenvalue weighted by Crippen LogP contribution is -2.50. The number of aliphatic hydroxyl groups is 1. The second-order valence-electron chi connectivity index (χ2n) is 9.70. The fraction of sp³-hybridized carbons (Fsp3) is 0.481. The van der Waals surface area contributed by atoms with E-state index >= 15 is 13.2 Å². The summed E-state index contributed by atoms with van der Waals surface area (Å²) in [5.41, 5.74) is 0.250. The maximum atomic E-state index is 15.6. The minimum atomic E-state index is -1.96. The summed E-state index contributed by atoms with van der Waals surface area (Å²) in [6.45, 7) is 2.92. The van der Waals surface area contributed by atoms with Crippen molar-refractivity contribution in [2.75, 3.05) is 39.5 Å². The van der Waals surface area contributed by atoms with E-state index in [1.165, 1.54) is 6.92 Å². The Morgan fingerprint density at radius 3 is 2.61 bits per heavy atom. The van der Waals surface area contributed by atoms with Crippen molar-refractivity contribution in [1.29, 1.82) is 0 Å². The number of aliphatic hydroxyl groups excluding tert-OH is 1. The zero-order valence-electron chi connectivity index (χ0n) is 20.6. The Labute approximate surface area is 208 Å². The average molecular weight is 508 g/mol. The summed E-state index contributed by atoms with van der Waals surface area (Å²) in [5.74, 6) is -1.55. The predicted octanol–water partition coefficient (Wildman–Crippen LogP) is 4.83. The van der Waals surface area contributed by atoms with Gasteiger partial charge in [0.2, 0.25) is 0 Å². The van der Waals surface area contributed by atoms with Crippen molar-refractivity contribution < 1.29 is 27.4 Å². The normalized spacial score (nSPS) is 19.9. The van der Waals surface area contributed by atoms with Crippen LogP contribution in [0.2, 0.25) is 0 Å². The number of benzene rings is 2. The first-order valence-corrected chi connectivity index (χ1v) is 12.3. The van der Waals surface area contributed by atoms with Crippen LogP contribution < -0.4 is 10.1 Å². The molecule has 0 radical (unpaired) electrons. The van der Waals surface area contributed by atoms with E-state index in [1.807, 2.05) is 31.2 Å². The van der Waals surface area contributed by atoms with Gasteiger partial charge < -0.3 is 20.1 Å². The third-order valence-electron chi connectivity index (χ3n) is 6.72. The fourth-order valence-corrected chi connectivity index (χ4v) is 4.96. The highest BCUT2D eigenvalue weighted by Crippen LogP contribution is 2.43. The highest BCUT2D eigenvalue weighted by Gasteiger charge is 2.41. The molecule has 0 bridgehead atoms. The Kier molecular flexibility index (Phi) is 8.22. The summed E-state index contributed by atoms with van der Waals surface area (Å²) >= 11 is 0. The fourth-order valence-electron chi connectivity index (χ4n) is 4.96. The number of ether oxygens (including phenoxy) is 1. The zero-order chi connectivity index (χ0) is 25.9. The maximum absolute atomic E-state index is 15.6. The Morgan fingerprint density at radius 1 is 1.19 bits per heavy atom. The number of aromatic nitrogens is 1. The molecule has 1 aliphatic rings. The Balaban J connectivity index is 1.70. The second-order valence-corrected chi connectivity index (χ2v) is 9.70. The molecule has 2 heterocycles. The van der Waals surface area contributed by atoms with Crippen LogP contribution >= 0.6 is 0 Å². The second kappa shape index (κ2) is 11.2. The molecular formula is C27H33F4N3O2. The highest BCUT2D eigenvalue weighted by molar-refractivity contribution is 5.85. The summed E-state index contributed by atoms with van der Waals surface area (Å²) < 4.78 is 63.8.